The zero-order chi connectivity index (χ0) is 14.6. The zero-order valence-electron chi connectivity index (χ0n) is 10.6. The lowest BCUT2D eigenvalue weighted by Gasteiger charge is -2.10. The molecule has 0 aromatic carbocycles. The maximum atomic E-state index is 12.8. The Balaban J connectivity index is 2.46. The molecule has 0 aliphatic rings. The highest BCUT2D eigenvalue weighted by Crippen LogP contribution is 2.29. The maximum Gasteiger partial charge on any atom is 0.451 e. The third-order valence-electron chi connectivity index (χ3n) is 2.36. The van der Waals surface area contributed by atoms with Gasteiger partial charge in [0.15, 0.2) is 0 Å². The van der Waals surface area contributed by atoms with Crippen molar-refractivity contribution in [3.8, 4) is 11.4 Å². The molecular formula is C12H12F3N5. The van der Waals surface area contributed by atoms with E-state index in [1.807, 2.05) is 6.92 Å². The number of nitrogens with zero attached hydrogens (tertiary/aromatic N) is 4. The van der Waals surface area contributed by atoms with Crippen molar-refractivity contribution < 1.29 is 13.2 Å². The minimum Gasteiger partial charge on any atom is -0.370 e. The first kappa shape index (κ1) is 14.2. The molecule has 20 heavy (non-hydrogen) atoms. The van der Waals surface area contributed by atoms with Crippen molar-refractivity contribution in [1.29, 1.82) is 0 Å². The van der Waals surface area contributed by atoms with Crippen LogP contribution < -0.4 is 5.32 Å². The van der Waals surface area contributed by atoms with Crippen LogP contribution in [0.1, 0.15) is 19.2 Å². The van der Waals surface area contributed by atoms with Crippen molar-refractivity contribution in [2.75, 3.05) is 11.9 Å². The van der Waals surface area contributed by atoms with Crippen molar-refractivity contribution in [3.63, 3.8) is 0 Å². The Morgan fingerprint density at radius 3 is 2.55 bits per heavy atom. The highest BCUT2D eigenvalue weighted by molar-refractivity contribution is 5.57. The number of anilines is 1. The molecule has 0 aliphatic heterocycles. The van der Waals surface area contributed by atoms with E-state index in [1.54, 1.807) is 0 Å². The number of halogens is 3. The minimum absolute atomic E-state index is 0.0824. The van der Waals surface area contributed by atoms with Gasteiger partial charge in [0.1, 0.15) is 11.5 Å². The molecule has 0 unspecified atom stereocenters. The van der Waals surface area contributed by atoms with Crippen LogP contribution in [0.2, 0.25) is 0 Å². The molecule has 0 radical (unpaired) electrons. The average Bonchev–Trinajstić information content (AvgIpc) is 2.45. The summed E-state index contributed by atoms with van der Waals surface area (Å²) in [5, 5.41) is 2.82. The lowest BCUT2D eigenvalue weighted by Crippen LogP contribution is -2.14. The Morgan fingerprint density at radius 2 is 1.95 bits per heavy atom. The van der Waals surface area contributed by atoms with Gasteiger partial charge < -0.3 is 5.32 Å². The van der Waals surface area contributed by atoms with Crippen LogP contribution >= 0.6 is 0 Å². The van der Waals surface area contributed by atoms with Gasteiger partial charge in [-0.3, -0.25) is 9.97 Å². The third-order valence-corrected chi connectivity index (χ3v) is 2.36. The van der Waals surface area contributed by atoms with E-state index in [4.69, 9.17) is 0 Å². The number of hydrogen-bond acceptors (Lipinski definition) is 5. The van der Waals surface area contributed by atoms with Crippen molar-refractivity contribution in [1.82, 2.24) is 19.9 Å². The van der Waals surface area contributed by atoms with Gasteiger partial charge in [-0.1, -0.05) is 6.92 Å². The van der Waals surface area contributed by atoms with Gasteiger partial charge in [-0.2, -0.15) is 13.2 Å². The molecule has 0 spiro atoms. The second-order valence-corrected chi connectivity index (χ2v) is 3.98. The predicted molar refractivity (Wildman–Crippen MR) is 66.8 cm³/mol. The summed E-state index contributed by atoms with van der Waals surface area (Å²) >= 11 is 0. The molecule has 0 fully saturated rings. The van der Waals surface area contributed by atoms with Gasteiger partial charge in [-0.25, -0.2) is 9.97 Å². The molecule has 0 saturated carbocycles. The van der Waals surface area contributed by atoms with Crippen molar-refractivity contribution >= 4 is 5.82 Å². The van der Waals surface area contributed by atoms with E-state index in [0.29, 0.717) is 6.54 Å². The molecule has 2 aromatic heterocycles. The zero-order valence-corrected chi connectivity index (χ0v) is 10.6. The molecule has 0 atom stereocenters. The molecule has 0 bridgehead atoms. The highest BCUT2D eigenvalue weighted by Gasteiger charge is 2.35. The van der Waals surface area contributed by atoms with Gasteiger partial charge >= 0.3 is 6.18 Å². The molecule has 2 rings (SSSR count). The van der Waals surface area contributed by atoms with E-state index in [0.717, 1.165) is 6.42 Å². The van der Waals surface area contributed by atoms with Gasteiger partial charge in [0.25, 0.3) is 0 Å². The van der Waals surface area contributed by atoms with Crippen LogP contribution in [-0.4, -0.2) is 26.5 Å². The van der Waals surface area contributed by atoms with Crippen molar-refractivity contribution in [2.45, 2.75) is 19.5 Å². The molecule has 0 aliphatic carbocycles. The summed E-state index contributed by atoms with van der Waals surface area (Å²) < 4.78 is 38.4. The van der Waals surface area contributed by atoms with Crippen LogP contribution in [0, 0.1) is 0 Å². The summed E-state index contributed by atoms with van der Waals surface area (Å²) in [7, 11) is 0. The SMILES string of the molecule is CCCNc1cc(-c2cnccn2)nc(C(F)(F)F)n1. The Hall–Kier alpha value is -2.25. The van der Waals surface area contributed by atoms with Gasteiger partial charge in [-0.15, -0.1) is 0 Å². The topological polar surface area (TPSA) is 63.6 Å². The summed E-state index contributed by atoms with van der Waals surface area (Å²) in [5.41, 5.74) is 0.346. The first-order valence-corrected chi connectivity index (χ1v) is 5.97. The summed E-state index contributed by atoms with van der Waals surface area (Å²) in [4.78, 5) is 14.7. The highest BCUT2D eigenvalue weighted by atomic mass is 19.4. The second-order valence-electron chi connectivity index (χ2n) is 3.98. The molecule has 106 valence electrons. The summed E-state index contributed by atoms with van der Waals surface area (Å²) in [5.74, 6) is -1.07. The molecule has 8 heteroatoms. The van der Waals surface area contributed by atoms with E-state index in [-0.39, 0.29) is 17.2 Å². The summed E-state index contributed by atoms with van der Waals surface area (Å²) in [6.45, 7) is 2.43. The van der Waals surface area contributed by atoms with Gasteiger partial charge in [0.2, 0.25) is 5.82 Å². The van der Waals surface area contributed by atoms with Crippen LogP contribution in [-0.2, 0) is 6.18 Å². The number of aromatic nitrogens is 4. The van der Waals surface area contributed by atoms with Crippen LogP contribution in [0.25, 0.3) is 11.4 Å². The number of nitrogens with one attached hydrogen (secondary N) is 1. The second kappa shape index (κ2) is 5.81. The van der Waals surface area contributed by atoms with E-state index >= 15 is 0 Å². The van der Waals surface area contributed by atoms with E-state index < -0.39 is 12.0 Å². The smallest absolute Gasteiger partial charge is 0.370 e. The molecule has 0 saturated heterocycles. The lowest BCUT2D eigenvalue weighted by molar-refractivity contribution is -0.144. The maximum absolute atomic E-state index is 12.8. The van der Waals surface area contributed by atoms with Crippen LogP contribution in [0.3, 0.4) is 0 Å². The summed E-state index contributed by atoms with van der Waals surface area (Å²) in [6, 6.07) is 1.43. The van der Waals surface area contributed by atoms with E-state index in [2.05, 4.69) is 25.3 Å². The monoisotopic (exact) mass is 283 g/mol. The number of alkyl halides is 3. The molecule has 2 aromatic rings. The Morgan fingerprint density at radius 1 is 1.15 bits per heavy atom. The fourth-order valence-corrected chi connectivity index (χ4v) is 1.48. The predicted octanol–water partition coefficient (Wildman–Crippen LogP) is 2.77. The fraction of sp³-hybridized carbons (Fsp3) is 0.333. The number of hydrogen-bond donors (Lipinski definition) is 1. The minimum atomic E-state index is -4.61. The van der Waals surface area contributed by atoms with Gasteiger partial charge in [-0.05, 0) is 6.42 Å². The quantitative estimate of drug-likeness (QED) is 0.934. The van der Waals surface area contributed by atoms with Crippen molar-refractivity contribution in [2.24, 2.45) is 0 Å². The van der Waals surface area contributed by atoms with Crippen LogP contribution in [0.15, 0.2) is 24.7 Å². The standard InChI is InChI=1S/C12H12F3N5/c1-2-3-18-10-6-8(9-7-16-4-5-17-9)19-11(20-10)12(13,14)15/h4-7H,2-3H2,1H3,(H,18,19,20). The van der Waals surface area contributed by atoms with E-state index in [9.17, 15) is 13.2 Å². The average molecular weight is 283 g/mol. The fourth-order valence-electron chi connectivity index (χ4n) is 1.48. The van der Waals surface area contributed by atoms with Crippen molar-refractivity contribution in [3.05, 3.63) is 30.5 Å². The third kappa shape index (κ3) is 3.40. The van der Waals surface area contributed by atoms with Gasteiger partial charge in [0.05, 0.1) is 11.9 Å². The molecule has 5 nitrogen and oxygen atoms in total. The first-order chi connectivity index (χ1) is 9.50. The van der Waals surface area contributed by atoms with Gasteiger partial charge in [0, 0.05) is 25.0 Å². The first-order valence-electron chi connectivity index (χ1n) is 5.97. The lowest BCUT2D eigenvalue weighted by atomic mass is 10.3. The van der Waals surface area contributed by atoms with Crippen LogP contribution in [0.4, 0.5) is 19.0 Å². The Labute approximate surface area is 113 Å². The molecule has 0 amide bonds. The van der Waals surface area contributed by atoms with Crippen LogP contribution in [0.5, 0.6) is 0 Å². The molecular weight excluding hydrogens is 271 g/mol. The molecule has 2 heterocycles. The largest absolute Gasteiger partial charge is 0.451 e. The van der Waals surface area contributed by atoms with E-state index in [1.165, 1.54) is 24.7 Å². The Kier molecular flexibility index (Phi) is 4.11. The normalized spacial score (nSPS) is 11.4. The summed E-state index contributed by atoms with van der Waals surface area (Å²) in [6.07, 6.45) is 0.342. The Bertz CT molecular complexity index is 571. The number of rotatable bonds is 4. The molecule has 1 N–H and O–H groups in total.